The molecule has 42 heavy (non-hydrogen) atoms. The largest absolute Gasteiger partial charge is 0.482 e. The molecule has 3 aromatic carbocycles. The van der Waals surface area contributed by atoms with Crippen molar-refractivity contribution in [1.29, 1.82) is 0 Å². The summed E-state index contributed by atoms with van der Waals surface area (Å²) in [5, 5.41) is 3.45. The van der Waals surface area contributed by atoms with Crippen LogP contribution in [0.25, 0.3) is 11.1 Å². The number of hydrogen-bond donors (Lipinski definition) is 2. The molecule has 0 radical (unpaired) electrons. The number of pyridine rings is 1. The molecule has 3 N–H and O–H groups in total. The Bertz CT molecular complexity index is 1530. The summed E-state index contributed by atoms with van der Waals surface area (Å²) in [7, 11) is 0. The Kier molecular flexibility index (Phi) is 9.65. The second-order valence-electron chi connectivity index (χ2n) is 10.9. The molecule has 3 atom stereocenters. The van der Waals surface area contributed by atoms with Gasteiger partial charge in [0.1, 0.15) is 11.9 Å². The minimum atomic E-state index is -0.677. The zero-order valence-corrected chi connectivity index (χ0v) is 25.0. The van der Waals surface area contributed by atoms with E-state index < -0.39 is 11.9 Å². The van der Waals surface area contributed by atoms with E-state index in [1.54, 1.807) is 19.2 Å². The fraction of sp³-hybridized carbons (Fsp3) is 0.294. The summed E-state index contributed by atoms with van der Waals surface area (Å²) in [5.41, 5.74) is 10.00. The molecular formula is C34H34Cl2FN3O2. The van der Waals surface area contributed by atoms with E-state index >= 15 is 0 Å². The average Bonchev–Trinajstić information content (AvgIpc) is 3.21. The molecule has 2 unspecified atom stereocenters. The van der Waals surface area contributed by atoms with E-state index in [1.165, 1.54) is 24.1 Å². The van der Waals surface area contributed by atoms with E-state index in [1.807, 2.05) is 24.3 Å². The number of benzene rings is 3. The molecule has 4 aromatic rings. The van der Waals surface area contributed by atoms with Gasteiger partial charge in [-0.25, -0.2) is 9.37 Å². The average molecular weight is 607 g/mol. The molecule has 1 aliphatic carbocycles. The van der Waals surface area contributed by atoms with Gasteiger partial charge in [-0.1, -0.05) is 78.5 Å². The van der Waals surface area contributed by atoms with Crippen molar-refractivity contribution in [2.75, 3.05) is 5.73 Å². The molecular weight excluding hydrogens is 572 g/mol. The predicted octanol–water partition coefficient (Wildman–Crippen LogP) is 8.84. The van der Waals surface area contributed by atoms with Gasteiger partial charge in [0.05, 0.1) is 5.02 Å². The maximum Gasteiger partial charge on any atom is 0.251 e. The first-order chi connectivity index (χ1) is 20.3. The monoisotopic (exact) mass is 605 g/mol. The Morgan fingerprint density at radius 2 is 1.79 bits per heavy atom. The quantitative estimate of drug-likeness (QED) is 0.155. The Hall–Kier alpha value is -3.61. The Morgan fingerprint density at radius 3 is 2.55 bits per heavy atom. The second-order valence-corrected chi connectivity index (χ2v) is 11.7. The third kappa shape index (κ3) is 7.23. The van der Waals surface area contributed by atoms with Crippen LogP contribution < -0.4 is 15.8 Å². The van der Waals surface area contributed by atoms with Gasteiger partial charge in [0.25, 0.3) is 5.91 Å². The molecule has 0 spiro atoms. The number of ether oxygens (including phenoxy) is 1. The molecule has 1 aliphatic rings. The number of nitrogens with zero attached hydrogens (tertiary/aromatic N) is 1. The van der Waals surface area contributed by atoms with Crippen molar-refractivity contribution in [1.82, 2.24) is 10.3 Å². The lowest BCUT2D eigenvalue weighted by atomic mass is 9.92. The van der Waals surface area contributed by atoms with Gasteiger partial charge in [0.2, 0.25) is 0 Å². The van der Waals surface area contributed by atoms with Crippen LogP contribution in [-0.4, -0.2) is 16.9 Å². The number of nitrogens with two attached hydrogens (primary N) is 1. The zero-order valence-electron chi connectivity index (χ0n) is 23.5. The van der Waals surface area contributed by atoms with Crippen molar-refractivity contribution in [3.05, 3.63) is 112 Å². The highest BCUT2D eigenvalue weighted by Crippen LogP contribution is 2.37. The maximum atomic E-state index is 14.0. The number of nitrogen functional groups attached to an aromatic ring is 1. The standard InChI is InChI=1S/C34H34Cl2FN3O2/c1-21(31-28(35)16-17-29(37)32(31)36)42-30-19-26(20-39-33(30)38)24-11-13-25(14-12-24)34(41)40-27-9-5-8-23(10-15-27)18-22-6-3-2-4-7-22/h2-4,6-7,11-14,16-17,19-21,23,27H,5,8-10,15,18H2,1H3,(H2,38,39)(H,40,41)/t21?,23?,27-/m0/s1. The molecule has 0 saturated heterocycles. The molecule has 1 fully saturated rings. The van der Waals surface area contributed by atoms with E-state index in [9.17, 15) is 9.18 Å². The van der Waals surface area contributed by atoms with Gasteiger partial charge < -0.3 is 15.8 Å². The minimum absolute atomic E-state index is 0.0646. The lowest BCUT2D eigenvalue weighted by Crippen LogP contribution is -2.34. The first-order valence-corrected chi connectivity index (χ1v) is 15.0. The predicted molar refractivity (Wildman–Crippen MR) is 168 cm³/mol. The third-order valence-corrected chi connectivity index (χ3v) is 8.66. The fourth-order valence-corrected chi connectivity index (χ4v) is 6.31. The van der Waals surface area contributed by atoms with Gasteiger partial charge >= 0.3 is 0 Å². The molecule has 0 bridgehead atoms. The maximum absolute atomic E-state index is 14.0. The number of rotatable bonds is 8. The molecule has 0 aliphatic heterocycles. The van der Waals surface area contributed by atoms with Crippen LogP contribution in [0.5, 0.6) is 5.75 Å². The zero-order chi connectivity index (χ0) is 29.6. The highest BCUT2D eigenvalue weighted by molar-refractivity contribution is 6.36. The van der Waals surface area contributed by atoms with Crippen molar-refractivity contribution in [2.24, 2.45) is 5.92 Å². The van der Waals surface area contributed by atoms with E-state index in [2.05, 4.69) is 40.6 Å². The first kappa shape index (κ1) is 29.9. The van der Waals surface area contributed by atoms with E-state index in [-0.39, 0.29) is 22.8 Å². The number of nitrogens with one attached hydrogen (secondary N) is 1. The number of halogens is 3. The van der Waals surface area contributed by atoms with Gasteiger partial charge in [0.15, 0.2) is 11.6 Å². The number of anilines is 1. The van der Waals surface area contributed by atoms with Gasteiger partial charge in [-0.15, -0.1) is 0 Å². The smallest absolute Gasteiger partial charge is 0.251 e. The summed E-state index contributed by atoms with van der Waals surface area (Å²) in [6.07, 6.45) is 7.48. The van der Waals surface area contributed by atoms with Crippen LogP contribution >= 0.6 is 23.2 Å². The minimum Gasteiger partial charge on any atom is -0.482 e. The SMILES string of the molecule is CC(Oc1cc(-c2ccc(C(=O)N[C@H]3CCCC(Cc4ccccc4)CC3)cc2)cnc1N)c1c(Cl)ccc(F)c1Cl. The molecule has 1 aromatic heterocycles. The number of carbonyl (C=O) groups excluding carboxylic acids is 1. The molecule has 5 rings (SSSR count). The van der Waals surface area contributed by atoms with Gasteiger partial charge in [-0.2, -0.15) is 0 Å². The van der Waals surface area contributed by atoms with Crippen LogP contribution in [0.1, 0.15) is 66.6 Å². The number of aromatic nitrogens is 1. The summed E-state index contributed by atoms with van der Waals surface area (Å²) >= 11 is 12.4. The number of carbonyl (C=O) groups is 1. The second kappa shape index (κ2) is 13.6. The summed E-state index contributed by atoms with van der Waals surface area (Å²) in [6, 6.07) is 22.6. The summed E-state index contributed by atoms with van der Waals surface area (Å²) in [4.78, 5) is 17.3. The topological polar surface area (TPSA) is 77.2 Å². The van der Waals surface area contributed by atoms with Gasteiger partial charge in [-0.05, 0) is 80.0 Å². The Morgan fingerprint density at radius 1 is 1.02 bits per heavy atom. The number of amides is 1. The van der Waals surface area contributed by atoms with Crippen LogP contribution in [-0.2, 0) is 6.42 Å². The van der Waals surface area contributed by atoms with Crippen LogP contribution in [0.3, 0.4) is 0 Å². The highest BCUT2D eigenvalue weighted by atomic mass is 35.5. The van der Waals surface area contributed by atoms with Crippen molar-refractivity contribution < 1.29 is 13.9 Å². The summed E-state index contributed by atoms with van der Waals surface area (Å²) in [5.74, 6) is 0.505. The number of hydrogen-bond acceptors (Lipinski definition) is 4. The van der Waals surface area contributed by atoms with E-state index in [4.69, 9.17) is 33.7 Å². The van der Waals surface area contributed by atoms with E-state index in [0.717, 1.165) is 43.2 Å². The lowest BCUT2D eigenvalue weighted by molar-refractivity contribution is 0.0933. The highest BCUT2D eigenvalue weighted by Gasteiger charge is 2.22. The van der Waals surface area contributed by atoms with Crippen LogP contribution in [0.4, 0.5) is 10.2 Å². The van der Waals surface area contributed by atoms with Crippen LogP contribution in [0, 0.1) is 11.7 Å². The molecule has 5 nitrogen and oxygen atoms in total. The van der Waals surface area contributed by atoms with E-state index in [0.29, 0.717) is 27.8 Å². The van der Waals surface area contributed by atoms with Crippen molar-refractivity contribution >= 4 is 34.9 Å². The van der Waals surface area contributed by atoms with Crippen molar-refractivity contribution in [3.8, 4) is 16.9 Å². The lowest BCUT2D eigenvalue weighted by Gasteiger charge is -2.19. The Labute approximate surface area is 256 Å². The molecule has 218 valence electrons. The molecule has 1 amide bonds. The fourth-order valence-electron chi connectivity index (χ4n) is 5.63. The summed E-state index contributed by atoms with van der Waals surface area (Å²) in [6.45, 7) is 1.71. The third-order valence-electron chi connectivity index (χ3n) is 7.94. The molecule has 1 heterocycles. The van der Waals surface area contributed by atoms with Gasteiger partial charge in [0, 0.05) is 34.0 Å². The molecule has 1 saturated carbocycles. The van der Waals surface area contributed by atoms with Gasteiger partial charge in [-0.3, -0.25) is 4.79 Å². The Balaban J connectivity index is 1.21. The van der Waals surface area contributed by atoms with Crippen molar-refractivity contribution in [2.45, 2.75) is 57.6 Å². The summed E-state index contributed by atoms with van der Waals surface area (Å²) < 4.78 is 20.1. The first-order valence-electron chi connectivity index (χ1n) is 14.3. The van der Waals surface area contributed by atoms with Crippen LogP contribution in [0.15, 0.2) is 79.0 Å². The molecule has 8 heteroatoms. The van der Waals surface area contributed by atoms with Crippen molar-refractivity contribution in [3.63, 3.8) is 0 Å². The van der Waals surface area contributed by atoms with Crippen LogP contribution in [0.2, 0.25) is 10.0 Å². The normalized spacial score (nSPS) is 17.7.